The standard InChI is InChI=1S/C14H22FN3O2S/c1-11-8-13(5-6-14(11)15)17-21(19,20)18-7-3-4-12(10-18)9-16-2/h5-6,8,12,16-17H,3-4,7,9-10H2,1-2H3. The Hall–Kier alpha value is -1.18. The summed E-state index contributed by atoms with van der Waals surface area (Å²) < 4.78 is 42.0. The molecule has 118 valence electrons. The zero-order valence-corrected chi connectivity index (χ0v) is 13.2. The second-order valence-corrected chi connectivity index (χ2v) is 7.17. The summed E-state index contributed by atoms with van der Waals surface area (Å²) in [5.74, 6) is -0.0136. The Morgan fingerprint density at radius 1 is 1.43 bits per heavy atom. The van der Waals surface area contributed by atoms with E-state index in [0.717, 1.165) is 19.4 Å². The van der Waals surface area contributed by atoms with E-state index in [4.69, 9.17) is 0 Å². The van der Waals surface area contributed by atoms with E-state index in [1.54, 1.807) is 6.92 Å². The third-order valence-electron chi connectivity index (χ3n) is 3.72. The molecule has 0 aromatic heterocycles. The summed E-state index contributed by atoms with van der Waals surface area (Å²) in [6.07, 6.45) is 1.89. The van der Waals surface area contributed by atoms with E-state index in [1.807, 2.05) is 7.05 Å². The van der Waals surface area contributed by atoms with Crippen molar-refractivity contribution in [2.24, 2.45) is 5.92 Å². The van der Waals surface area contributed by atoms with Crippen LogP contribution in [0.5, 0.6) is 0 Å². The van der Waals surface area contributed by atoms with Gasteiger partial charge in [-0.1, -0.05) is 0 Å². The maximum atomic E-state index is 13.2. The van der Waals surface area contributed by atoms with E-state index in [9.17, 15) is 12.8 Å². The Morgan fingerprint density at radius 2 is 2.19 bits per heavy atom. The molecule has 0 bridgehead atoms. The quantitative estimate of drug-likeness (QED) is 0.870. The number of aryl methyl sites for hydroxylation is 1. The van der Waals surface area contributed by atoms with Crippen LogP contribution in [0.3, 0.4) is 0 Å². The van der Waals surface area contributed by atoms with E-state index in [0.29, 0.717) is 30.3 Å². The molecule has 1 heterocycles. The van der Waals surface area contributed by atoms with Gasteiger partial charge in [-0.3, -0.25) is 4.72 Å². The highest BCUT2D eigenvalue weighted by atomic mass is 32.2. The van der Waals surface area contributed by atoms with Gasteiger partial charge in [0, 0.05) is 13.1 Å². The topological polar surface area (TPSA) is 61.4 Å². The number of nitrogens with zero attached hydrogens (tertiary/aromatic N) is 1. The summed E-state index contributed by atoms with van der Waals surface area (Å²) in [7, 11) is -1.72. The van der Waals surface area contributed by atoms with Crippen molar-refractivity contribution in [3.63, 3.8) is 0 Å². The van der Waals surface area contributed by atoms with Gasteiger partial charge in [0.1, 0.15) is 5.82 Å². The molecule has 1 aromatic rings. The van der Waals surface area contributed by atoms with E-state index < -0.39 is 10.2 Å². The molecular weight excluding hydrogens is 293 g/mol. The van der Waals surface area contributed by atoms with Gasteiger partial charge in [-0.15, -0.1) is 0 Å². The molecule has 21 heavy (non-hydrogen) atoms. The van der Waals surface area contributed by atoms with Crippen LogP contribution in [0.15, 0.2) is 18.2 Å². The minimum absolute atomic E-state index is 0.329. The van der Waals surface area contributed by atoms with E-state index in [-0.39, 0.29) is 5.82 Å². The summed E-state index contributed by atoms with van der Waals surface area (Å²) in [5, 5.41) is 3.09. The lowest BCUT2D eigenvalue weighted by molar-refractivity contribution is 0.264. The molecule has 2 rings (SSSR count). The molecule has 1 aromatic carbocycles. The number of hydrogen-bond acceptors (Lipinski definition) is 3. The Labute approximate surface area is 125 Å². The molecule has 5 nitrogen and oxygen atoms in total. The van der Waals surface area contributed by atoms with Crippen LogP contribution in [0.2, 0.25) is 0 Å². The molecule has 1 aliphatic heterocycles. The summed E-state index contributed by atoms with van der Waals surface area (Å²) in [6, 6.07) is 4.21. The second-order valence-electron chi connectivity index (χ2n) is 5.50. The van der Waals surface area contributed by atoms with Gasteiger partial charge in [0.15, 0.2) is 0 Å². The molecule has 2 N–H and O–H groups in total. The van der Waals surface area contributed by atoms with Crippen molar-refractivity contribution in [2.75, 3.05) is 31.4 Å². The molecule has 0 saturated carbocycles. The van der Waals surface area contributed by atoms with Gasteiger partial charge in [0.2, 0.25) is 0 Å². The molecule has 0 aliphatic carbocycles. The second kappa shape index (κ2) is 6.72. The lowest BCUT2D eigenvalue weighted by Crippen LogP contribution is -2.44. The molecule has 0 spiro atoms. The molecule has 1 saturated heterocycles. The van der Waals surface area contributed by atoms with Gasteiger partial charge in [-0.2, -0.15) is 12.7 Å². The van der Waals surface area contributed by atoms with Crippen LogP contribution in [0.1, 0.15) is 18.4 Å². The maximum absolute atomic E-state index is 13.2. The number of nitrogens with one attached hydrogen (secondary N) is 2. The first kappa shape index (κ1) is 16.2. The van der Waals surface area contributed by atoms with Crippen molar-refractivity contribution in [2.45, 2.75) is 19.8 Å². The zero-order valence-electron chi connectivity index (χ0n) is 12.4. The predicted octanol–water partition coefficient (Wildman–Crippen LogP) is 1.72. The first-order valence-electron chi connectivity index (χ1n) is 7.11. The fourth-order valence-corrected chi connectivity index (χ4v) is 3.95. The third kappa shape index (κ3) is 4.15. The Kier molecular flexibility index (Phi) is 5.18. The first-order chi connectivity index (χ1) is 9.92. The van der Waals surface area contributed by atoms with Crippen LogP contribution < -0.4 is 10.0 Å². The fourth-order valence-electron chi connectivity index (χ4n) is 2.62. The van der Waals surface area contributed by atoms with Gasteiger partial charge >= 0.3 is 10.2 Å². The molecule has 0 amide bonds. The number of rotatable bonds is 5. The SMILES string of the molecule is CNCC1CCCN(S(=O)(=O)Nc2ccc(F)c(C)c2)C1. The molecule has 7 heteroatoms. The van der Waals surface area contributed by atoms with E-state index >= 15 is 0 Å². The average Bonchev–Trinajstić information content (AvgIpc) is 2.43. The van der Waals surface area contributed by atoms with E-state index in [1.165, 1.54) is 22.5 Å². The van der Waals surface area contributed by atoms with Crippen molar-refractivity contribution in [1.29, 1.82) is 0 Å². The Balaban J connectivity index is 2.08. The average molecular weight is 315 g/mol. The van der Waals surface area contributed by atoms with Gasteiger partial charge < -0.3 is 5.32 Å². The van der Waals surface area contributed by atoms with Crippen molar-refractivity contribution < 1.29 is 12.8 Å². The van der Waals surface area contributed by atoms with Gasteiger partial charge in [-0.25, -0.2) is 4.39 Å². The molecule has 1 unspecified atom stereocenters. The van der Waals surface area contributed by atoms with Crippen molar-refractivity contribution >= 4 is 15.9 Å². The zero-order chi connectivity index (χ0) is 15.5. The summed E-state index contributed by atoms with van der Waals surface area (Å²) in [6.45, 7) is 3.45. The van der Waals surface area contributed by atoms with E-state index in [2.05, 4.69) is 10.0 Å². The third-order valence-corrected chi connectivity index (χ3v) is 5.22. The van der Waals surface area contributed by atoms with Crippen molar-refractivity contribution in [1.82, 2.24) is 9.62 Å². The number of anilines is 1. The minimum atomic E-state index is -3.58. The molecule has 1 atom stereocenters. The summed E-state index contributed by atoms with van der Waals surface area (Å²) in [5.41, 5.74) is 0.812. The van der Waals surface area contributed by atoms with Crippen LogP contribution in [-0.4, -0.2) is 39.4 Å². The summed E-state index contributed by atoms with van der Waals surface area (Å²) >= 11 is 0. The fraction of sp³-hybridized carbons (Fsp3) is 0.571. The molecule has 1 aliphatic rings. The normalized spacial score (nSPS) is 20.4. The monoisotopic (exact) mass is 315 g/mol. The van der Waals surface area contributed by atoms with Crippen molar-refractivity contribution in [3.8, 4) is 0 Å². The number of halogens is 1. The Morgan fingerprint density at radius 3 is 2.86 bits per heavy atom. The number of hydrogen-bond donors (Lipinski definition) is 2. The van der Waals surface area contributed by atoms with Crippen LogP contribution >= 0.6 is 0 Å². The molecule has 0 radical (unpaired) electrons. The summed E-state index contributed by atoms with van der Waals surface area (Å²) in [4.78, 5) is 0. The van der Waals surface area contributed by atoms with Crippen LogP contribution in [0, 0.1) is 18.7 Å². The maximum Gasteiger partial charge on any atom is 0.301 e. The molecular formula is C14H22FN3O2S. The highest BCUT2D eigenvalue weighted by Gasteiger charge is 2.28. The van der Waals surface area contributed by atoms with Gasteiger partial charge in [-0.05, 0) is 63.0 Å². The highest BCUT2D eigenvalue weighted by molar-refractivity contribution is 7.90. The van der Waals surface area contributed by atoms with Crippen LogP contribution in [-0.2, 0) is 10.2 Å². The number of piperidine rings is 1. The lowest BCUT2D eigenvalue weighted by atomic mass is 10.00. The predicted molar refractivity (Wildman–Crippen MR) is 81.9 cm³/mol. The first-order valence-corrected chi connectivity index (χ1v) is 8.55. The lowest BCUT2D eigenvalue weighted by Gasteiger charge is -2.31. The van der Waals surface area contributed by atoms with Gasteiger partial charge in [0.25, 0.3) is 0 Å². The Bertz CT molecular complexity index is 590. The molecule has 1 fully saturated rings. The van der Waals surface area contributed by atoms with Crippen LogP contribution in [0.25, 0.3) is 0 Å². The van der Waals surface area contributed by atoms with Crippen molar-refractivity contribution in [3.05, 3.63) is 29.6 Å². The van der Waals surface area contributed by atoms with Gasteiger partial charge in [0.05, 0.1) is 5.69 Å². The minimum Gasteiger partial charge on any atom is -0.319 e. The number of benzene rings is 1. The largest absolute Gasteiger partial charge is 0.319 e. The van der Waals surface area contributed by atoms with Crippen LogP contribution in [0.4, 0.5) is 10.1 Å². The smallest absolute Gasteiger partial charge is 0.301 e. The highest BCUT2D eigenvalue weighted by Crippen LogP contribution is 2.21.